The van der Waals surface area contributed by atoms with E-state index in [1.807, 2.05) is 18.2 Å². The molecule has 0 bridgehead atoms. The zero-order chi connectivity index (χ0) is 20.1. The van der Waals surface area contributed by atoms with E-state index >= 15 is 0 Å². The van der Waals surface area contributed by atoms with Crippen LogP contribution in [-0.2, 0) is 13.0 Å². The lowest BCUT2D eigenvalue weighted by molar-refractivity contribution is 0.393. The first-order valence-corrected chi connectivity index (χ1v) is 8.55. The molecular weight excluding hydrogens is 358 g/mol. The van der Waals surface area contributed by atoms with Gasteiger partial charge in [-0.2, -0.15) is 5.26 Å². The van der Waals surface area contributed by atoms with Crippen molar-refractivity contribution < 1.29 is 14.6 Å². The molecule has 0 saturated carbocycles. The number of aliphatic hydroxyl groups is 1. The van der Waals surface area contributed by atoms with Crippen LogP contribution in [0.25, 0.3) is 16.5 Å². The standard InChI is InChI=1S/C21H19N3O4/c1-27-17-7-14(8-18(10-17)28-2)5-6-24-13-23-20-4-3-15(16(11-22)12-25)9-19(20)21(24)26/h3-4,7-10,12-13,25H,5-6H2,1-2H3/b16-12+. The third-order valence-electron chi connectivity index (χ3n) is 4.44. The molecule has 2 aromatic carbocycles. The van der Waals surface area contributed by atoms with Gasteiger partial charge in [-0.3, -0.25) is 9.36 Å². The maximum Gasteiger partial charge on any atom is 0.261 e. The van der Waals surface area contributed by atoms with Crippen LogP contribution in [0.3, 0.4) is 0 Å². The van der Waals surface area contributed by atoms with Crippen molar-refractivity contribution in [3.8, 4) is 17.6 Å². The molecule has 142 valence electrons. The van der Waals surface area contributed by atoms with Gasteiger partial charge in [-0.15, -0.1) is 0 Å². The fraction of sp³-hybridized carbons (Fsp3) is 0.190. The minimum atomic E-state index is -0.211. The van der Waals surface area contributed by atoms with Crippen molar-refractivity contribution in [2.24, 2.45) is 0 Å². The number of aromatic nitrogens is 2. The van der Waals surface area contributed by atoms with Crippen LogP contribution in [0.15, 0.2) is 53.8 Å². The number of benzene rings is 2. The molecule has 0 unspecified atom stereocenters. The summed E-state index contributed by atoms with van der Waals surface area (Å²) in [5, 5.41) is 18.6. The van der Waals surface area contributed by atoms with Gasteiger partial charge in [0.25, 0.3) is 5.56 Å². The largest absolute Gasteiger partial charge is 0.514 e. The molecule has 3 aromatic rings. The van der Waals surface area contributed by atoms with Crippen LogP contribution in [-0.4, -0.2) is 28.9 Å². The van der Waals surface area contributed by atoms with Crippen molar-refractivity contribution in [3.63, 3.8) is 0 Å². The molecule has 1 aromatic heterocycles. The predicted molar refractivity (Wildman–Crippen MR) is 105 cm³/mol. The maximum atomic E-state index is 12.9. The summed E-state index contributed by atoms with van der Waals surface area (Å²) < 4.78 is 12.1. The molecule has 0 amide bonds. The lowest BCUT2D eigenvalue weighted by Gasteiger charge is -2.10. The Hall–Kier alpha value is -3.79. The van der Waals surface area contributed by atoms with Gasteiger partial charge in [0.1, 0.15) is 17.6 Å². The lowest BCUT2D eigenvalue weighted by Crippen LogP contribution is -2.21. The van der Waals surface area contributed by atoms with E-state index in [1.54, 1.807) is 38.5 Å². The van der Waals surface area contributed by atoms with Gasteiger partial charge in [-0.1, -0.05) is 6.07 Å². The number of aliphatic hydroxyl groups excluding tert-OH is 1. The van der Waals surface area contributed by atoms with E-state index in [9.17, 15) is 4.79 Å². The first-order chi connectivity index (χ1) is 13.6. The summed E-state index contributed by atoms with van der Waals surface area (Å²) in [6, 6.07) is 12.3. The first-order valence-electron chi connectivity index (χ1n) is 8.55. The molecule has 1 heterocycles. The molecule has 3 rings (SSSR count). The van der Waals surface area contributed by atoms with E-state index in [0.717, 1.165) is 11.8 Å². The van der Waals surface area contributed by atoms with Gasteiger partial charge in [-0.25, -0.2) is 4.98 Å². The van der Waals surface area contributed by atoms with Crippen LogP contribution in [0.2, 0.25) is 0 Å². The molecule has 7 nitrogen and oxygen atoms in total. The molecule has 0 saturated heterocycles. The average molecular weight is 377 g/mol. The zero-order valence-corrected chi connectivity index (χ0v) is 15.5. The number of nitriles is 1. The topological polar surface area (TPSA) is 97.4 Å². The molecule has 0 aliphatic rings. The second-order valence-electron chi connectivity index (χ2n) is 6.10. The second kappa shape index (κ2) is 8.27. The highest BCUT2D eigenvalue weighted by Gasteiger charge is 2.09. The minimum Gasteiger partial charge on any atom is -0.514 e. The Bertz CT molecular complexity index is 1120. The van der Waals surface area contributed by atoms with Gasteiger partial charge in [0, 0.05) is 12.6 Å². The molecular formula is C21H19N3O4. The molecule has 28 heavy (non-hydrogen) atoms. The number of hydrogen-bond acceptors (Lipinski definition) is 6. The Kier molecular flexibility index (Phi) is 5.61. The molecule has 0 aliphatic carbocycles. The van der Waals surface area contributed by atoms with Gasteiger partial charge in [-0.05, 0) is 41.8 Å². The van der Waals surface area contributed by atoms with Crippen LogP contribution < -0.4 is 15.0 Å². The summed E-state index contributed by atoms with van der Waals surface area (Å²) in [6.07, 6.45) is 2.82. The fourth-order valence-electron chi connectivity index (χ4n) is 2.91. The van der Waals surface area contributed by atoms with Crippen molar-refractivity contribution in [1.82, 2.24) is 9.55 Å². The third-order valence-corrected chi connectivity index (χ3v) is 4.44. The molecule has 0 spiro atoms. The Balaban J connectivity index is 1.93. The molecule has 7 heteroatoms. The normalized spacial score (nSPS) is 11.2. The number of nitrogens with zero attached hydrogens (tertiary/aromatic N) is 3. The number of rotatable bonds is 6. The SMILES string of the molecule is COc1cc(CCn2cnc3ccc(/C(C#N)=C/O)cc3c2=O)cc(OC)c1. The van der Waals surface area contributed by atoms with Gasteiger partial charge in [0.05, 0.1) is 43.3 Å². The molecule has 0 aliphatic heterocycles. The third kappa shape index (κ3) is 3.81. The Morgan fingerprint density at radius 3 is 2.54 bits per heavy atom. The van der Waals surface area contributed by atoms with E-state index in [2.05, 4.69) is 4.98 Å². The highest BCUT2D eigenvalue weighted by Crippen LogP contribution is 2.23. The maximum absolute atomic E-state index is 12.9. The summed E-state index contributed by atoms with van der Waals surface area (Å²) in [5.41, 5.74) is 1.83. The van der Waals surface area contributed by atoms with Gasteiger partial charge < -0.3 is 14.6 Å². The van der Waals surface area contributed by atoms with E-state index in [0.29, 0.717) is 40.9 Å². The van der Waals surface area contributed by atoms with E-state index < -0.39 is 0 Å². The molecule has 1 N–H and O–H groups in total. The quantitative estimate of drug-likeness (QED) is 0.524. The van der Waals surface area contributed by atoms with Crippen molar-refractivity contribution >= 4 is 16.5 Å². The number of fused-ring (bicyclic) bond motifs is 1. The number of hydrogen-bond donors (Lipinski definition) is 1. The number of ether oxygens (including phenoxy) is 2. The summed E-state index contributed by atoms with van der Waals surface area (Å²) in [7, 11) is 3.18. The van der Waals surface area contributed by atoms with Crippen LogP contribution >= 0.6 is 0 Å². The number of aryl methyl sites for hydroxylation is 2. The van der Waals surface area contributed by atoms with Gasteiger partial charge in [0.15, 0.2) is 0 Å². The van der Waals surface area contributed by atoms with Crippen LogP contribution in [0.5, 0.6) is 11.5 Å². The predicted octanol–water partition coefficient (Wildman–Crippen LogP) is 3.08. The van der Waals surface area contributed by atoms with Gasteiger partial charge in [0.2, 0.25) is 0 Å². The fourth-order valence-corrected chi connectivity index (χ4v) is 2.91. The minimum absolute atomic E-state index is 0.0835. The Morgan fingerprint density at radius 2 is 1.93 bits per heavy atom. The molecule has 0 fully saturated rings. The summed E-state index contributed by atoms with van der Waals surface area (Å²) in [5.74, 6) is 1.37. The Morgan fingerprint density at radius 1 is 1.21 bits per heavy atom. The van der Waals surface area contributed by atoms with E-state index in [4.69, 9.17) is 19.8 Å². The highest BCUT2D eigenvalue weighted by molar-refractivity contribution is 5.85. The van der Waals surface area contributed by atoms with E-state index in [-0.39, 0.29) is 11.1 Å². The summed E-state index contributed by atoms with van der Waals surface area (Å²) in [6.45, 7) is 0.420. The van der Waals surface area contributed by atoms with Crippen LogP contribution in [0, 0.1) is 11.3 Å². The van der Waals surface area contributed by atoms with Crippen LogP contribution in [0.1, 0.15) is 11.1 Å². The van der Waals surface area contributed by atoms with Crippen molar-refractivity contribution in [2.75, 3.05) is 14.2 Å². The Labute approximate surface area is 161 Å². The molecule has 0 radical (unpaired) electrons. The van der Waals surface area contributed by atoms with Gasteiger partial charge >= 0.3 is 0 Å². The number of allylic oxidation sites excluding steroid dienone is 1. The van der Waals surface area contributed by atoms with E-state index in [1.165, 1.54) is 10.9 Å². The second-order valence-corrected chi connectivity index (χ2v) is 6.10. The smallest absolute Gasteiger partial charge is 0.261 e. The first kappa shape index (κ1) is 19.0. The van der Waals surface area contributed by atoms with Crippen molar-refractivity contribution in [3.05, 3.63) is 70.5 Å². The monoisotopic (exact) mass is 377 g/mol. The highest BCUT2D eigenvalue weighted by atomic mass is 16.5. The van der Waals surface area contributed by atoms with Crippen molar-refractivity contribution in [2.45, 2.75) is 13.0 Å². The molecule has 0 atom stereocenters. The van der Waals surface area contributed by atoms with Crippen molar-refractivity contribution in [1.29, 1.82) is 5.26 Å². The average Bonchev–Trinajstić information content (AvgIpc) is 2.74. The summed E-state index contributed by atoms with van der Waals surface area (Å²) >= 11 is 0. The van der Waals surface area contributed by atoms with Crippen LogP contribution in [0.4, 0.5) is 0 Å². The summed E-state index contributed by atoms with van der Waals surface area (Å²) in [4.78, 5) is 17.2. The lowest BCUT2D eigenvalue weighted by atomic mass is 10.1. The zero-order valence-electron chi connectivity index (χ0n) is 15.5. The number of methoxy groups -OCH3 is 2.